The van der Waals surface area contributed by atoms with Crippen molar-refractivity contribution in [2.75, 3.05) is 5.32 Å². The van der Waals surface area contributed by atoms with E-state index in [0.29, 0.717) is 12.3 Å². The van der Waals surface area contributed by atoms with Crippen molar-refractivity contribution in [3.05, 3.63) is 54.1 Å². The Kier molecular flexibility index (Phi) is 7.26. The Morgan fingerprint density at radius 1 is 1.04 bits per heavy atom. The van der Waals surface area contributed by atoms with Crippen LogP contribution in [0, 0.1) is 0 Å². The summed E-state index contributed by atoms with van der Waals surface area (Å²) in [6.07, 6.45) is 5.83. The second-order valence-corrected chi connectivity index (χ2v) is 6.66. The van der Waals surface area contributed by atoms with Gasteiger partial charge in [0.1, 0.15) is 0 Å². The van der Waals surface area contributed by atoms with E-state index in [2.05, 4.69) is 34.4 Å². The van der Waals surface area contributed by atoms with Crippen molar-refractivity contribution in [2.45, 2.75) is 52.0 Å². The molecule has 2 rings (SSSR count). The summed E-state index contributed by atoms with van der Waals surface area (Å²) in [5, 5.41) is 5.79. The van der Waals surface area contributed by atoms with Gasteiger partial charge in [0.05, 0.1) is 5.69 Å². The van der Waals surface area contributed by atoms with E-state index in [9.17, 15) is 9.59 Å². The average molecular weight is 354 g/mol. The van der Waals surface area contributed by atoms with Crippen molar-refractivity contribution in [3.63, 3.8) is 0 Å². The van der Waals surface area contributed by atoms with Gasteiger partial charge < -0.3 is 10.6 Å². The molecule has 0 bridgehead atoms. The molecule has 6 heteroatoms. The molecule has 1 heterocycles. The number of para-hydroxylation sites is 1. The SMILES string of the molecule is CC(C)c1ccccc1NC(=O)CCC(=O)N[C@H](C)Cc1cnccn1. The Labute approximate surface area is 154 Å². The number of hydrogen-bond donors (Lipinski definition) is 2. The van der Waals surface area contributed by atoms with Crippen LogP contribution in [-0.2, 0) is 16.0 Å². The predicted octanol–water partition coefficient (Wildman–Crippen LogP) is 3.07. The summed E-state index contributed by atoms with van der Waals surface area (Å²) in [7, 11) is 0. The summed E-state index contributed by atoms with van der Waals surface area (Å²) >= 11 is 0. The summed E-state index contributed by atoms with van der Waals surface area (Å²) in [5.41, 5.74) is 2.72. The monoisotopic (exact) mass is 354 g/mol. The molecule has 0 aliphatic rings. The fraction of sp³-hybridized carbons (Fsp3) is 0.400. The molecule has 0 fully saturated rings. The second kappa shape index (κ2) is 9.65. The van der Waals surface area contributed by atoms with Gasteiger partial charge in [-0.15, -0.1) is 0 Å². The maximum Gasteiger partial charge on any atom is 0.224 e. The lowest BCUT2D eigenvalue weighted by molar-refractivity contribution is -0.124. The molecule has 0 aliphatic carbocycles. The summed E-state index contributed by atoms with van der Waals surface area (Å²) in [4.78, 5) is 32.4. The van der Waals surface area contributed by atoms with Crippen LogP contribution in [0.3, 0.4) is 0 Å². The highest BCUT2D eigenvalue weighted by molar-refractivity contribution is 5.93. The van der Waals surface area contributed by atoms with Crippen LogP contribution in [0.2, 0.25) is 0 Å². The van der Waals surface area contributed by atoms with Gasteiger partial charge in [0.2, 0.25) is 11.8 Å². The zero-order chi connectivity index (χ0) is 18.9. The number of nitrogens with one attached hydrogen (secondary N) is 2. The minimum Gasteiger partial charge on any atom is -0.353 e. The molecule has 138 valence electrons. The first-order valence-corrected chi connectivity index (χ1v) is 8.88. The summed E-state index contributed by atoms with van der Waals surface area (Å²) in [6, 6.07) is 7.67. The van der Waals surface area contributed by atoms with E-state index in [1.165, 1.54) is 0 Å². The van der Waals surface area contributed by atoms with Gasteiger partial charge in [0.15, 0.2) is 0 Å². The zero-order valence-electron chi connectivity index (χ0n) is 15.5. The van der Waals surface area contributed by atoms with E-state index in [0.717, 1.165) is 16.9 Å². The standard InChI is InChI=1S/C20H26N4O2/c1-14(2)17-6-4-5-7-18(17)24-20(26)9-8-19(25)23-15(3)12-16-13-21-10-11-22-16/h4-7,10-11,13-15H,8-9,12H2,1-3H3,(H,23,25)(H,24,26)/t15-/m1/s1. The van der Waals surface area contributed by atoms with E-state index in [1.807, 2.05) is 31.2 Å². The molecule has 0 unspecified atom stereocenters. The predicted molar refractivity (Wildman–Crippen MR) is 102 cm³/mol. The molecule has 0 aliphatic heterocycles. The third-order valence-electron chi connectivity index (χ3n) is 3.98. The first-order valence-electron chi connectivity index (χ1n) is 8.88. The first-order chi connectivity index (χ1) is 12.5. The molecule has 0 saturated heterocycles. The van der Waals surface area contributed by atoms with E-state index in [1.54, 1.807) is 18.6 Å². The third-order valence-corrected chi connectivity index (χ3v) is 3.98. The van der Waals surface area contributed by atoms with Gasteiger partial charge in [-0.1, -0.05) is 32.0 Å². The van der Waals surface area contributed by atoms with Gasteiger partial charge in [-0.2, -0.15) is 0 Å². The van der Waals surface area contributed by atoms with Crippen LogP contribution in [0.1, 0.15) is 50.8 Å². The molecular weight excluding hydrogens is 328 g/mol. The topological polar surface area (TPSA) is 84.0 Å². The molecule has 2 amide bonds. The molecule has 0 radical (unpaired) electrons. The maximum atomic E-state index is 12.2. The fourth-order valence-corrected chi connectivity index (χ4v) is 2.70. The van der Waals surface area contributed by atoms with Crippen molar-refractivity contribution in [1.82, 2.24) is 15.3 Å². The number of aromatic nitrogens is 2. The fourth-order valence-electron chi connectivity index (χ4n) is 2.70. The van der Waals surface area contributed by atoms with Gasteiger partial charge in [0.25, 0.3) is 0 Å². The van der Waals surface area contributed by atoms with E-state index < -0.39 is 0 Å². The van der Waals surface area contributed by atoms with E-state index in [4.69, 9.17) is 0 Å². The van der Waals surface area contributed by atoms with Crippen molar-refractivity contribution >= 4 is 17.5 Å². The Balaban J connectivity index is 1.77. The van der Waals surface area contributed by atoms with Crippen LogP contribution in [0.5, 0.6) is 0 Å². The highest BCUT2D eigenvalue weighted by Crippen LogP contribution is 2.23. The van der Waals surface area contributed by atoms with Gasteiger partial charge in [0, 0.05) is 49.6 Å². The quantitative estimate of drug-likeness (QED) is 0.763. The third kappa shape index (κ3) is 6.27. The summed E-state index contributed by atoms with van der Waals surface area (Å²) in [5.74, 6) is 0.0141. The maximum absolute atomic E-state index is 12.2. The van der Waals surface area contributed by atoms with Gasteiger partial charge in [-0.3, -0.25) is 19.6 Å². The normalized spacial score (nSPS) is 11.8. The number of amides is 2. The molecule has 26 heavy (non-hydrogen) atoms. The molecule has 0 saturated carbocycles. The molecule has 2 aromatic rings. The van der Waals surface area contributed by atoms with Crippen LogP contribution < -0.4 is 10.6 Å². The lowest BCUT2D eigenvalue weighted by atomic mass is 10.0. The van der Waals surface area contributed by atoms with E-state index >= 15 is 0 Å². The molecule has 0 spiro atoms. The number of rotatable bonds is 8. The van der Waals surface area contributed by atoms with Crippen LogP contribution in [0.15, 0.2) is 42.9 Å². The number of anilines is 1. The van der Waals surface area contributed by atoms with Gasteiger partial charge in [-0.25, -0.2) is 0 Å². The van der Waals surface area contributed by atoms with E-state index in [-0.39, 0.29) is 30.7 Å². The number of benzene rings is 1. The Morgan fingerprint density at radius 2 is 1.77 bits per heavy atom. The Bertz CT molecular complexity index is 732. The molecule has 2 N–H and O–H groups in total. The van der Waals surface area contributed by atoms with Gasteiger partial charge in [-0.05, 0) is 24.5 Å². The highest BCUT2D eigenvalue weighted by Gasteiger charge is 2.13. The van der Waals surface area contributed by atoms with Crippen molar-refractivity contribution in [3.8, 4) is 0 Å². The summed E-state index contributed by atoms with van der Waals surface area (Å²) in [6.45, 7) is 6.07. The molecule has 1 aromatic carbocycles. The van der Waals surface area contributed by atoms with Crippen LogP contribution in [0.25, 0.3) is 0 Å². The summed E-state index contributed by atoms with van der Waals surface area (Å²) < 4.78 is 0. The zero-order valence-corrected chi connectivity index (χ0v) is 15.5. The first kappa shape index (κ1) is 19.6. The number of carbonyl (C=O) groups is 2. The number of nitrogens with zero attached hydrogens (tertiary/aromatic N) is 2. The second-order valence-electron chi connectivity index (χ2n) is 6.66. The van der Waals surface area contributed by atoms with Crippen molar-refractivity contribution < 1.29 is 9.59 Å². The molecule has 1 aromatic heterocycles. The smallest absolute Gasteiger partial charge is 0.224 e. The molecule has 6 nitrogen and oxygen atoms in total. The van der Waals surface area contributed by atoms with Crippen molar-refractivity contribution in [1.29, 1.82) is 0 Å². The minimum absolute atomic E-state index is 0.0658. The van der Waals surface area contributed by atoms with Crippen LogP contribution in [-0.4, -0.2) is 27.8 Å². The van der Waals surface area contributed by atoms with Crippen LogP contribution in [0.4, 0.5) is 5.69 Å². The Morgan fingerprint density at radius 3 is 2.46 bits per heavy atom. The van der Waals surface area contributed by atoms with Crippen molar-refractivity contribution in [2.24, 2.45) is 0 Å². The highest BCUT2D eigenvalue weighted by atomic mass is 16.2. The van der Waals surface area contributed by atoms with Gasteiger partial charge >= 0.3 is 0 Å². The Hall–Kier alpha value is -2.76. The lowest BCUT2D eigenvalue weighted by Crippen LogP contribution is -2.34. The largest absolute Gasteiger partial charge is 0.353 e. The average Bonchev–Trinajstić information content (AvgIpc) is 2.61. The van der Waals surface area contributed by atoms with Crippen LogP contribution >= 0.6 is 0 Å². The molecule has 1 atom stereocenters. The number of hydrogen-bond acceptors (Lipinski definition) is 4. The lowest BCUT2D eigenvalue weighted by Gasteiger charge is -2.15. The minimum atomic E-state index is -0.158. The molecular formula is C20H26N4O2. The number of carbonyl (C=O) groups excluding carboxylic acids is 2.